The van der Waals surface area contributed by atoms with Crippen LogP contribution in [0, 0.1) is 11.7 Å². The van der Waals surface area contributed by atoms with Crippen LogP contribution in [0.3, 0.4) is 0 Å². The lowest BCUT2D eigenvalue weighted by Gasteiger charge is -1.98. The molecule has 94 valence electrons. The molecule has 6 heteroatoms. The van der Waals surface area contributed by atoms with Gasteiger partial charge >= 0.3 is 0 Å². The van der Waals surface area contributed by atoms with E-state index in [-0.39, 0.29) is 29.8 Å². The Balaban J connectivity index is 2.15. The van der Waals surface area contributed by atoms with Gasteiger partial charge in [0.1, 0.15) is 17.3 Å². The second-order valence-corrected chi connectivity index (χ2v) is 4.17. The molecular formula is C12H12FN3O2. The number of hydrogen-bond donors (Lipinski definition) is 0. The van der Waals surface area contributed by atoms with E-state index >= 15 is 0 Å². The number of aromatic nitrogens is 3. The zero-order chi connectivity index (χ0) is 13.1. The van der Waals surface area contributed by atoms with E-state index in [4.69, 9.17) is 4.52 Å². The SMILES string of the molecule is CC(C)C(=O)Cc1nc(-c2ccc(F)cn2)no1. The molecule has 0 saturated heterocycles. The van der Waals surface area contributed by atoms with Crippen molar-refractivity contribution in [1.82, 2.24) is 15.1 Å². The van der Waals surface area contributed by atoms with Gasteiger partial charge < -0.3 is 4.52 Å². The molecule has 18 heavy (non-hydrogen) atoms. The number of hydrogen-bond acceptors (Lipinski definition) is 5. The maximum Gasteiger partial charge on any atom is 0.234 e. The van der Waals surface area contributed by atoms with Gasteiger partial charge in [0.2, 0.25) is 11.7 Å². The lowest BCUT2D eigenvalue weighted by molar-refractivity contribution is -0.121. The van der Waals surface area contributed by atoms with Gasteiger partial charge in [0.25, 0.3) is 0 Å². The number of Topliss-reactive ketones (excluding diaryl/α,β-unsaturated/α-hetero) is 1. The zero-order valence-electron chi connectivity index (χ0n) is 10.1. The standard InChI is InChI=1S/C12H12FN3O2/c1-7(2)10(17)5-11-15-12(16-18-11)9-4-3-8(13)6-14-9/h3-4,6-7H,5H2,1-2H3. The van der Waals surface area contributed by atoms with Crippen LogP contribution >= 0.6 is 0 Å². The maximum absolute atomic E-state index is 12.7. The molecule has 2 aromatic heterocycles. The van der Waals surface area contributed by atoms with Crippen LogP contribution in [0.25, 0.3) is 11.5 Å². The number of carbonyl (C=O) groups is 1. The molecule has 0 atom stereocenters. The van der Waals surface area contributed by atoms with Crippen LogP contribution in [-0.4, -0.2) is 20.9 Å². The first-order valence-electron chi connectivity index (χ1n) is 5.53. The van der Waals surface area contributed by atoms with Gasteiger partial charge in [-0.2, -0.15) is 4.98 Å². The summed E-state index contributed by atoms with van der Waals surface area (Å²) in [5, 5.41) is 3.71. The number of rotatable bonds is 4. The highest BCUT2D eigenvalue weighted by molar-refractivity contribution is 5.81. The number of nitrogens with zero attached hydrogens (tertiary/aromatic N) is 3. The Kier molecular flexibility index (Phi) is 3.45. The van der Waals surface area contributed by atoms with Crippen LogP contribution in [0.5, 0.6) is 0 Å². The van der Waals surface area contributed by atoms with E-state index < -0.39 is 5.82 Å². The molecule has 0 fully saturated rings. The summed E-state index contributed by atoms with van der Waals surface area (Å²) >= 11 is 0. The van der Waals surface area contributed by atoms with Gasteiger partial charge in [-0.3, -0.25) is 4.79 Å². The molecule has 0 aliphatic carbocycles. The normalized spacial score (nSPS) is 10.9. The highest BCUT2D eigenvalue weighted by Crippen LogP contribution is 2.14. The monoisotopic (exact) mass is 249 g/mol. The molecule has 0 unspecified atom stereocenters. The smallest absolute Gasteiger partial charge is 0.234 e. The molecule has 0 N–H and O–H groups in total. The number of halogens is 1. The van der Waals surface area contributed by atoms with Crippen molar-refractivity contribution in [2.75, 3.05) is 0 Å². The Morgan fingerprint density at radius 1 is 1.44 bits per heavy atom. The van der Waals surface area contributed by atoms with Crippen LogP contribution in [0.1, 0.15) is 19.7 Å². The van der Waals surface area contributed by atoms with Crippen molar-refractivity contribution in [2.45, 2.75) is 20.3 Å². The lowest BCUT2D eigenvalue weighted by atomic mass is 10.1. The summed E-state index contributed by atoms with van der Waals surface area (Å²) in [4.78, 5) is 19.4. The molecule has 2 rings (SSSR count). The van der Waals surface area contributed by atoms with Gasteiger partial charge in [0.05, 0.1) is 12.6 Å². The van der Waals surface area contributed by atoms with Crippen molar-refractivity contribution in [3.05, 3.63) is 30.0 Å². The fraction of sp³-hybridized carbons (Fsp3) is 0.333. The average molecular weight is 249 g/mol. The molecule has 0 amide bonds. The van der Waals surface area contributed by atoms with Crippen LogP contribution in [0.15, 0.2) is 22.9 Å². The van der Waals surface area contributed by atoms with Crippen molar-refractivity contribution < 1.29 is 13.7 Å². The summed E-state index contributed by atoms with van der Waals surface area (Å²) in [6, 6.07) is 2.71. The Morgan fingerprint density at radius 3 is 2.83 bits per heavy atom. The second kappa shape index (κ2) is 5.03. The van der Waals surface area contributed by atoms with Crippen molar-refractivity contribution in [3.63, 3.8) is 0 Å². The van der Waals surface area contributed by atoms with Crippen molar-refractivity contribution in [3.8, 4) is 11.5 Å². The largest absolute Gasteiger partial charge is 0.338 e. The average Bonchev–Trinajstić information content (AvgIpc) is 2.78. The topological polar surface area (TPSA) is 68.9 Å². The number of carbonyl (C=O) groups excluding carboxylic acids is 1. The van der Waals surface area contributed by atoms with E-state index in [0.29, 0.717) is 5.69 Å². The molecule has 0 saturated carbocycles. The summed E-state index contributed by atoms with van der Waals surface area (Å²) in [5.41, 5.74) is 0.406. The van der Waals surface area contributed by atoms with Gasteiger partial charge in [0, 0.05) is 5.92 Å². The van der Waals surface area contributed by atoms with Crippen molar-refractivity contribution >= 4 is 5.78 Å². The van der Waals surface area contributed by atoms with Gasteiger partial charge in [0.15, 0.2) is 0 Å². The molecule has 2 aromatic rings. The number of ketones is 1. The van der Waals surface area contributed by atoms with Crippen molar-refractivity contribution in [2.24, 2.45) is 5.92 Å². The molecule has 5 nitrogen and oxygen atoms in total. The Morgan fingerprint density at radius 2 is 2.22 bits per heavy atom. The summed E-state index contributed by atoms with van der Waals surface area (Å²) in [7, 11) is 0. The van der Waals surface area contributed by atoms with E-state index in [1.54, 1.807) is 13.8 Å². The van der Waals surface area contributed by atoms with Crippen LogP contribution in [-0.2, 0) is 11.2 Å². The van der Waals surface area contributed by atoms with E-state index in [0.717, 1.165) is 6.20 Å². The molecule has 0 bridgehead atoms. The molecular weight excluding hydrogens is 237 g/mol. The fourth-order valence-electron chi connectivity index (χ4n) is 1.29. The minimum Gasteiger partial charge on any atom is -0.338 e. The number of pyridine rings is 1. The minimum atomic E-state index is -0.433. The van der Waals surface area contributed by atoms with Crippen LogP contribution in [0.2, 0.25) is 0 Å². The Hall–Kier alpha value is -2.11. The second-order valence-electron chi connectivity index (χ2n) is 4.17. The van der Waals surface area contributed by atoms with E-state index in [1.807, 2.05) is 0 Å². The van der Waals surface area contributed by atoms with Gasteiger partial charge in [-0.15, -0.1) is 0 Å². The van der Waals surface area contributed by atoms with Gasteiger partial charge in [-0.25, -0.2) is 9.37 Å². The first-order valence-corrected chi connectivity index (χ1v) is 5.53. The van der Waals surface area contributed by atoms with Crippen LogP contribution < -0.4 is 0 Å². The van der Waals surface area contributed by atoms with E-state index in [9.17, 15) is 9.18 Å². The highest BCUT2D eigenvalue weighted by Gasteiger charge is 2.15. The first kappa shape index (κ1) is 12.3. The fourth-order valence-corrected chi connectivity index (χ4v) is 1.29. The third-order valence-electron chi connectivity index (χ3n) is 2.39. The van der Waals surface area contributed by atoms with Gasteiger partial charge in [-0.1, -0.05) is 19.0 Å². The Bertz CT molecular complexity index is 549. The highest BCUT2D eigenvalue weighted by atomic mass is 19.1. The van der Waals surface area contributed by atoms with Crippen molar-refractivity contribution in [1.29, 1.82) is 0 Å². The third-order valence-corrected chi connectivity index (χ3v) is 2.39. The molecule has 0 aliphatic rings. The molecule has 0 radical (unpaired) electrons. The third kappa shape index (κ3) is 2.77. The minimum absolute atomic E-state index is 0.0252. The molecule has 0 spiro atoms. The summed E-state index contributed by atoms with van der Waals surface area (Å²) < 4.78 is 17.7. The molecule has 0 aromatic carbocycles. The predicted octanol–water partition coefficient (Wildman–Crippen LogP) is 2.04. The quantitative estimate of drug-likeness (QED) is 0.829. The van der Waals surface area contributed by atoms with E-state index in [2.05, 4.69) is 15.1 Å². The Labute approximate surface area is 103 Å². The summed E-state index contributed by atoms with van der Waals surface area (Å²) in [6.07, 6.45) is 1.18. The lowest BCUT2D eigenvalue weighted by Crippen LogP contribution is -2.10. The zero-order valence-corrected chi connectivity index (χ0v) is 10.1. The van der Waals surface area contributed by atoms with E-state index in [1.165, 1.54) is 12.1 Å². The predicted molar refractivity (Wildman–Crippen MR) is 61.0 cm³/mol. The first-order chi connectivity index (χ1) is 8.56. The summed E-state index contributed by atoms with van der Waals surface area (Å²) in [6.45, 7) is 3.61. The van der Waals surface area contributed by atoms with Crippen LogP contribution in [0.4, 0.5) is 4.39 Å². The van der Waals surface area contributed by atoms with Gasteiger partial charge in [-0.05, 0) is 12.1 Å². The maximum atomic E-state index is 12.7. The molecule has 2 heterocycles. The summed E-state index contributed by atoms with van der Waals surface area (Å²) in [5.74, 6) is 0.00963. The molecule has 0 aliphatic heterocycles.